The number of fused-ring (bicyclic) bond motifs is 1. The molecule has 192 valence electrons. The molecule has 36 heavy (non-hydrogen) atoms. The Morgan fingerprint density at radius 3 is 2.50 bits per heavy atom. The second kappa shape index (κ2) is 11.3. The van der Waals surface area contributed by atoms with Crippen molar-refractivity contribution < 1.29 is 24.1 Å². The molecule has 1 N–H and O–H groups in total. The van der Waals surface area contributed by atoms with E-state index in [4.69, 9.17) is 19.3 Å². The zero-order valence-corrected chi connectivity index (χ0v) is 20.5. The summed E-state index contributed by atoms with van der Waals surface area (Å²) in [5.41, 5.74) is 0.392. The van der Waals surface area contributed by atoms with E-state index in [1.807, 2.05) is 6.92 Å². The fourth-order valence-corrected chi connectivity index (χ4v) is 4.62. The van der Waals surface area contributed by atoms with Crippen LogP contribution in [0.3, 0.4) is 0 Å². The van der Waals surface area contributed by atoms with E-state index in [1.54, 1.807) is 45.9 Å². The van der Waals surface area contributed by atoms with Gasteiger partial charge < -0.3 is 24.2 Å². The predicted octanol–water partition coefficient (Wildman–Crippen LogP) is 1.78. The molecule has 1 saturated heterocycles. The molecule has 1 aliphatic heterocycles. The van der Waals surface area contributed by atoms with Crippen LogP contribution in [0.1, 0.15) is 31.4 Å². The van der Waals surface area contributed by atoms with E-state index >= 15 is 0 Å². The molecule has 1 fully saturated rings. The minimum Gasteiger partial charge on any atom is -0.493 e. The number of benzene rings is 2. The van der Waals surface area contributed by atoms with Crippen LogP contribution in [0, 0.1) is 0 Å². The number of carbonyl (C=O) groups excluding carboxylic acids is 1. The van der Waals surface area contributed by atoms with Crippen LogP contribution in [0.5, 0.6) is 17.2 Å². The van der Waals surface area contributed by atoms with Crippen molar-refractivity contribution in [3.63, 3.8) is 0 Å². The van der Waals surface area contributed by atoms with Crippen LogP contribution >= 0.6 is 0 Å². The van der Waals surface area contributed by atoms with Crippen LogP contribution in [0.15, 0.2) is 46.0 Å². The monoisotopic (exact) mass is 497 g/mol. The molecule has 3 aromatic rings. The largest absolute Gasteiger partial charge is 0.493 e. The average Bonchev–Trinajstić information content (AvgIpc) is 2.91. The third-order valence-corrected chi connectivity index (χ3v) is 6.38. The zero-order chi connectivity index (χ0) is 25.7. The summed E-state index contributed by atoms with van der Waals surface area (Å²) in [6, 6.07) is 10.2. The Morgan fingerprint density at radius 1 is 1.06 bits per heavy atom. The molecule has 1 aromatic heterocycles. The first-order valence-electron chi connectivity index (χ1n) is 12.0. The number of ether oxygens (including phenoxy) is 3. The minimum absolute atomic E-state index is 0.0469. The highest BCUT2D eigenvalue weighted by Crippen LogP contribution is 2.29. The van der Waals surface area contributed by atoms with E-state index in [0.717, 1.165) is 6.41 Å². The fraction of sp³-hybridized carbons (Fsp3) is 0.423. The van der Waals surface area contributed by atoms with Crippen molar-refractivity contribution in [2.45, 2.75) is 32.4 Å². The number of piperidine rings is 1. The van der Waals surface area contributed by atoms with Gasteiger partial charge in [0.15, 0.2) is 11.5 Å². The van der Waals surface area contributed by atoms with E-state index in [2.05, 4.69) is 0 Å². The summed E-state index contributed by atoms with van der Waals surface area (Å²) >= 11 is 0. The van der Waals surface area contributed by atoms with E-state index < -0.39 is 11.2 Å². The smallest absolute Gasteiger partial charge is 0.332 e. The summed E-state index contributed by atoms with van der Waals surface area (Å²) < 4.78 is 19.4. The Labute approximate surface area is 208 Å². The maximum absolute atomic E-state index is 13.8. The molecule has 10 nitrogen and oxygen atoms in total. The van der Waals surface area contributed by atoms with Gasteiger partial charge in [0.05, 0.1) is 37.8 Å². The van der Waals surface area contributed by atoms with Crippen molar-refractivity contribution >= 4 is 17.3 Å². The summed E-state index contributed by atoms with van der Waals surface area (Å²) in [7, 11) is 1.54. The van der Waals surface area contributed by atoms with E-state index in [-0.39, 0.29) is 25.8 Å². The second-order valence-electron chi connectivity index (χ2n) is 8.59. The lowest BCUT2D eigenvalue weighted by Gasteiger charge is -2.31. The Hall–Kier alpha value is -3.79. The van der Waals surface area contributed by atoms with E-state index in [9.17, 15) is 14.4 Å². The molecule has 0 saturated carbocycles. The molecule has 0 spiro atoms. The van der Waals surface area contributed by atoms with Gasteiger partial charge in [-0.25, -0.2) is 4.79 Å². The molecule has 2 aromatic carbocycles. The molecule has 0 atom stereocenters. The third kappa shape index (κ3) is 5.08. The maximum Gasteiger partial charge on any atom is 0.332 e. The zero-order valence-electron chi connectivity index (χ0n) is 20.5. The molecule has 1 aliphatic rings. The molecule has 1 amide bonds. The SMILES string of the molecule is CCOc1ccc(Cn2c(=O)c3cc(OCCO)ccc3n(C3CCN(C=O)CC3)c2=O)cc1OC. The van der Waals surface area contributed by atoms with Gasteiger partial charge >= 0.3 is 5.69 Å². The molecule has 4 rings (SSSR count). The third-order valence-electron chi connectivity index (χ3n) is 6.38. The Kier molecular flexibility index (Phi) is 7.94. The number of methoxy groups -OCH3 is 1. The number of likely N-dealkylation sites (tertiary alicyclic amines) is 1. The van der Waals surface area contributed by atoms with E-state index in [0.29, 0.717) is 66.3 Å². The lowest BCUT2D eigenvalue weighted by molar-refractivity contribution is -0.119. The molecule has 10 heteroatoms. The standard InChI is InChI=1S/C26H31N3O7/c1-3-35-23-7-4-18(14-24(23)34-2)16-28-25(32)21-15-20(36-13-12-30)5-6-22(21)29(26(28)33)19-8-10-27(17-31)11-9-19/h4-7,14-15,17,19,30H,3,8-13,16H2,1-2H3. The van der Waals surface area contributed by atoms with Crippen LogP contribution in [-0.2, 0) is 11.3 Å². The molecule has 0 radical (unpaired) electrons. The number of aromatic nitrogens is 2. The number of hydrogen-bond acceptors (Lipinski definition) is 7. The predicted molar refractivity (Wildman–Crippen MR) is 134 cm³/mol. The van der Waals surface area contributed by atoms with Crippen molar-refractivity contribution in [3.8, 4) is 17.2 Å². The van der Waals surface area contributed by atoms with Gasteiger partial charge in [-0.15, -0.1) is 0 Å². The molecule has 0 bridgehead atoms. The summed E-state index contributed by atoms with van der Waals surface area (Å²) in [4.78, 5) is 40.2. The van der Waals surface area contributed by atoms with Gasteiger partial charge in [-0.3, -0.25) is 18.7 Å². The minimum atomic E-state index is -0.432. The summed E-state index contributed by atoms with van der Waals surface area (Å²) in [6.07, 6.45) is 2.03. The fourth-order valence-electron chi connectivity index (χ4n) is 4.62. The van der Waals surface area contributed by atoms with Gasteiger partial charge in [-0.1, -0.05) is 6.07 Å². The highest BCUT2D eigenvalue weighted by atomic mass is 16.5. The van der Waals surface area contributed by atoms with Gasteiger partial charge in [0, 0.05) is 19.1 Å². The van der Waals surface area contributed by atoms with Crippen molar-refractivity contribution in [1.29, 1.82) is 0 Å². The number of nitrogens with zero attached hydrogens (tertiary/aromatic N) is 3. The molecular formula is C26H31N3O7. The van der Waals surface area contributed by atoms with Crippen LogP contribution in [0.25, 0.3) is 10.9 Å². The highest BCUT2D eigenvalue weighted by molar-refractivity contribution is 5.80. The first-order valence-corrected chi connectivity index (χ1v) is 12.0. The Balaban J connectivity index is 1.83. The summed E-state index contributed by atoms with van der Waals surface area (Å²) in [6.45, 7) is 3.41. The van der Waals surface area contributed by atoms with Crippen molar-refractivity contribution in [2.24, 2.45) is 0 Å². The first-order chi connectivity index (χ1) is 17.5. The Bertz CT molecular complexity index is 1340. The van der Waals surface area contributed by atoms with Crippen LogP contribution in [0.2, 0.25) is 0 Å². The number of amides is 1. The number of carbonyl (C=O) groups is 1. The molecular weight excluding hydrogens is 466 g/mol. The van der Waals surface area contributed by atoms with Gasteiger partial charge in [0.1, 0.15) is 12.4 Å². The van der Waals surface area contributed by atoms with Crippen molar-refractivity contribution in [2.75, 3.05) is 40.0 Å². The van der Waals surface area contributed by atoms with Crippen LogP contribution in [0.4, 0.5) is 0 Å². The molecule has 2 heterocycles. The quantitative estimate of drug-likeness (QED) is 0.425. The highest BCUT2D eigenvalue weighted by Gasteiger charge is 2.25. The molecule has 0 aliphatic carbocycles. The normalized spacial score (nSPS) is 14.1. The number of rotatable bonds is 10. The summed E-state index contributed by atoms with van der Waals surface area (Å²) in [5, 5.41) is 9.46. The van der Waals surface area contributed by atoms with E-state index in [1.165, 1.54) is 11.7 Å². The maximum atomic E-state index is 13.8. The van der Waals surface area contributed by atoms with Gasteiger partial charge in [-0.05, 0) is 55.7 Å². The van der Waals surface area contributed by atoms with Crippen LogP contribution < -0.4 is 25.5 Å². The van der Waals surface area contributed by atoms with Crippen molar-refractivity contribution in [1.82, 2.24) is 14.0 Å². The van der Waals surface area contributed by atoms with Crippen molar-refractivity contribution in [3.05, 3.63) is 62.8 Å². The lowest BCUT2D eigenvalue weighted by atomic mass is 10.0. The first kappa shape index (κ1) is 25.3. The average molecular weight is 498 g/mol. The summed E-state index contributed by atoms with van der Waals surface area (Å²) in [5.74, 6) is 1.54. The Morgan fingerprint density at radius 2 is 1.83 bits per heavy atom. The van der Waals surface area contributed by atoms with Gasteiger partial charge in [-0.2, -0.15) is 0 Å². The van der Waals surface area contributed by atoms with Crippen LogP contribution in [-0.4, -0.2) is 65.6 Å². The topological polar surface area (TPSA) is 112 Å². The second-order valence-corrected chi connectivity index (χ2v) is 8.59. The number of hydrogen-bond donors (Lipinski definition) is 1. The number of aliphatic hydroxyl groups is 1. The molecule has 0 unspecified atom stereocenters. The lowest BCUT2D eigenvalue weighted by Crippen LogP contribution is -2.44. The number of aliphatic hydroxyl groups excluding tert-OH is 1. The van der Waals surface area contributed by atoms with Gasteiger partial charge in [0.2, 0.25) is 6.41 Å². The van der Waals surface area contributed by atoms with Gasteiger partial charge in [0.25, 0.3) is 5.56 Å².